The monoisotopic (exact) mass is 755 g/mol. The Balaban J connectivity index is 1.17. The Hall–Kier alpha value is -5.66. The Morgan fingerprint density at radius 3 is 1.10 bits per heavy atom. The molecule has 2 aliphatic carbocycles. The largest absolute Gasteiger partial charge is 0.310 e. The van der Waals surface area contributed by atoms with Crippen LogP contribution in [0.4, 0.5) is 17.1 Å². The van der Waals surface area contributed by atoms with Crippen molar-refractivity contribution in [2.45, 2.75) is 99.8 Å². The minimum Gasteiger partial charge on any atom is -0.310 e. The van der Waals surface area contributed by atoms with E-state index >= 15 is 0 Å². The second-order valence-electron chi connectivity index (χ2n) is 18.7. The Labute approximate surface area is 347 Å². The van der Waals surface area contributed by atoms with Gasteiger partial charge in [-0.25, -0.2) is 0 Å². The molecule has 0 saturated carbocycles. The summed E-state index contributed by atoms with van der Waals surface area (Å²) in [6.07, 6.45) is 0. The van der Waals surface area contributed by atoms with Crippen LogP contribution < -0.4 is 4.90 Å². The van der Waals surface area contributed by atoms with Crippen LogP contribution in [0.2, 0.25) is 0 Å². The molecule has 1 nitrogen and oxygen atoms in total. The molecule has 0 heterocycles. The van der Waals surface area contributed by atoms with Crippen molar-refractivity contribution < 1.29 is 0 Å². The average Bonchev–Trinajstić information content (AvgIpc) is 3.56. The van der Waals surface area contributed by atoms with E-state index in [-0.39, 0.29) is 16.7 Å². The number of aryl methyl sites for hydroxylation is 8. The Bertz CT molecular complexity index is 2530. The summed E-state index contributed by atoms with van der Waals surface area (Å²) >= 11 is 0. The lowest BCUT2D eigenvalue weighted by atomic mass is 9.72. The van der Waals surface area contributed by atoms with E-state index in [1.54, 1.807) is 0 Å². The maximum absolute atomic E-state index is 2.55. The molecule has 0 unspecified atom stereocenters. The topological polar surface area (TPSA) is 3.24 Å². The summed E-state index contributed by atoms with van der Waals surface area (Å²) < 4.78 is 0. The fourth-order valence-corrected chi connectivity index (χ4v) is 10.2. The molecule has 7 aromatic rings. The number of rotatable bonds is 6. The highest BCUT2D eigenvalue weighted by Crippen LogP contribution is 2.60. The zero-order valence-electron chi connectivity index (χ0n) is 36.6. The second kappa shape index (κ2) is 13.5. The summed E-state index contributed by atoms with van der Waals surface area (Å²) in [4.78, 5) is 2.45. The van der Waals surface area contributed by atoms with Crippen LogP contribution in [0.3, 0.4) is 0 Å². The van der Waals surface area contributed by atoms with Crippen LogP contribution in [0.5, 0.6) is 0 Å². The molecule has 9 rings (SSSR count). The molecule has 0 bridgehead atoms. The van der Waals surface area contributed by atoms with Crippen molar-refractivity contribution in [3.05, 3.63) is 205 Å². The van der Waals surface area contributed by atoms with Crippen LogP contribution >= 0.6 is 0 Å². The van der Waals surface area contributed by atoms with Crippen molar-refractivity contribution in [2.24, 2.45) is 0 Å². The molecule has 0 aromatic heterocycles. The molecular weight excluding hydrogens is 699 g/mol. The maximum atomic E-state index is 2.55. The van der Waals surface area contributed by atoms with E-state index in [0.29, 0.717) is 0 Å². The van der Waals surface area contributed by atoms with Crippen LogP contribution in [-0.2, 0) is 10.8 Å². The van der Waals surface area contributed by atoms with E-state index < -0.39 is 0 Å². The van der Waals surface area contributed by atoms with Gasteiger partial charge in [0.2, 0.25) is 0 Å². The van der Waals surface area contributed by atoms with Crippen LogP contribution in [0.25, 0.3) is 22.3 Å². The molecule has 0 aliphatic heterocycles. The fraction of sp³-hybridized carbons (Fsp3) is 0.263. The van der Waals surface area contributed by atoms with Crippen molar-refractivity contribution in [1.82, 2.24) is 0 Å². The number of nitrogens with zero attached hydrogens (tertiary/aromatic N) is 1. The van der Waals surface area contributed by atoms with Gasteiger partial charge < -0.3 is 4.90 Å². The molecule has 0 fully saturated rings. The SMILES string of the molecule is Cc1ccc(C(c2ccc(C)c(C)c2)c2ccc3c(c2)C(C)(C)c2c-3ccc3c2C(C)(C)c2cc(N(c4ccc(C)c(C)c4)c4ccc(C)c(C)c4)ccc2-3)cc1C. The van der Waals surface area contributed by atoms with Gasteiger partial charge in [-0.3, -0.25) is 0 Å². The van der Waals surface area contributed by atoms with Gasteiger partial charge in [-0.05, 0) is 197 Å². The van der Waals surface area contributed by atoms with E-state index in [2.05, 4.69) is 209 Å². The molecule has 0 saturated heterocycles. The maximum Gasteiger partial charge on any atom is 0.0465 e. The standard InChI is InChI=1S/C57H57N/c1-33-13-17-41(27-37(33)5)53(42-18-14-34(2)38(6)28-42)43-19-23-47-49-25-26-50-48-24-22-46(32-52(48)57(11,12)55(50)54(49)56(9,10)51(47)31-43)58(44-20-15-35(3)39(7)29-44)45-21-16-36(4)40(8)30-45/h13-32,53H,1-12H3. The molecule has 0 spiro atoms. The third kappa shape index (κ3) is 5.80. The first kappa shape index (κ1) is 37.9. The number of anilines is 3. The van der Waals surface area contributed by atoms with Crippen molar-refractivity contribution in [1.29, 1.82) is 0 Å². The highest BCUT2D eigenvalue weighted by atomic mass is 15.1. The number of hydrogen-bond donors (Lipinski definition) is 0. The zero-order chi connectivity index (χ0) is 41.0. The minimum absolute atomic E-state index is 0.144. The van der Waals surface area contributed by atoms with Gasteiger partial charge in [-0.15, -0.1) is 0 Å². The lowest BCUT2D eigenvalue weighted by molar-refractivity contribution is 0.600. The molecular formula is C57H57N. The first-order chi connectivity index (χ1) is 27.6. The van der Waals surface area contributed by atoms with Crippen molar-refractivity contribution in [3.63, 3.8) is 0 Å². The Morgan fingerprint density at radius 2 is 0.655 bits per heavy atom. The summed E-state index contributed by atoms with van der Waals surface area (Å²) in [6, 6.07) is 47.3. The van der Waals surface area contributed by atoms with Crippen molar-refractivity contribution in [3.8, 4) is 22.3 Å². The van der Waals surface area contributed by atoms with Gasteiger partial charge in [-0.2, -0.15) is 0 Å². The zero-order valence-corrected chi connectivity index (χ0v) is 36.6. The predicted molar refractivity (Wildman–Crippen MR) is 248 cm³/mol. The summed E-state index contributed by atoms with van der Waals surface area (Å²) in [5.74, 6) is 0.144. The number of fused-ring (bicyclic) bond motifs is 7. The van der Waals surface area contributed by atoms with E-state index in [0.717, 1.165) is 0 Å². The van der Waals surface area contributed by atoms with Gasteiger partial charge in [-0.1, -0.05) is 113 Å². The molecule has 2 aliphatic rings. The van der Waals surface area contributed by atoms with Crippen LogP contribution in [0.15, 0.2) is 121 Å². The highest BCUT2D eigenvalue weighted by molar-refractivity contribution is 5.93. The van der Waals surface area contributed by atoms with E-state index in [1.165, 1.54) is 123 Å². The summed E-state index contributed by atoms with van der Waals surface area (Å²) in [5.41, 5.74) is 29.1. The predicted octanol–water partition coefficient (Wildman–Crippen LogP) is 15.4. The van der Waals surface area contributed by atoms with Crippen LogP contribution in [0.1, 0.15) is 117 Å². The second-order valence-corrected chi connectivity index (χ2v) is 18.7. The number of hydrogen-bond acceptors (Lipinski definition) is 1. The van der Waals surface area contributed by atoms with Crippen molar-refractivity contribution in [2.75, 3.05) is 4.90 Å². The van der Waals surface area contributed by atoms with E-state index in [4.69, 9.17) is 0 Å². The Kier molecular flexibility index (Phi) is 8.79. The lowest BCUT2D eigenvalue weighted by Gasteiger charge is -2.32. The normalized spacial score (nSPS) is 14.3. The minimum atomic E-state index is -0.201. The van der Waals surface area contributed by atoms with Gasteiger partial charge in [0.05, 0.1) is 0 Å². The van der Waals surface area contributed by atoms with Crippen LogP contribution in [0, 0.1) is 55.4 Å². The first-order valence-corrected chi connectivity index (χ1v) is 21.1. The quantitative estimate of drug-likeness (QED) is 0.153. The fourth-order valence-electron chi connectivity index (χ4n) is 10.2. The van der Waals surface area contributed by atoms with Crippen molar-refractivity contribution >= 4 is 17.1 Å². The summed E-state index contributed by atoms with van der Waals surface area (Å²) in [5, 5.41) is 0. The molecule has 0 atom stereocenters. The Morgan fingerprint density at radius 1 is 0.328 bits per heavy atom. The molecule has 58 heavy (non-hydrogen) atoms. The molecule has 0 amide bonds. The molecule has 1 heteroatoms. The first-order valence-electron chi connectivity index (χ1n) is 21.1. The number of benzene rings is 7. The van der Waals surface area contributed by atoms with E-state index in [1.807, 2.05) is 0 Å². The summed E-state index contributed by atoms with van der Waals surface area (Å²) in [7, 11) is 0. The van der Waals surface area contributed by atoms with E-state index in [9.17, 15) is 0 Å². The summed E-state index contributed by atoms with van der Waals surface area (Å²) in [6.45, 7) is 27.6. The average molecular weight is 756 g/mol. The molecule has 0 N–H and O–H groups in total. The highest BCUT2D eigenvalue weighted by Gasteiger charge is 2.46. The third-order valence-electron chi connectivity index (χ3n) is 14.2. The van der Waals surface area contributed by atoms with Gasteiger partial charge in [0.15, 0.2) is 0 Å². The molecule has 7 aromatic carbocycles. The third-order valence-corrected chi connectivity index (χ3v) is 14.2. The van der Waals surface area contributed by atoms with Gasteiger partial charge in [0.1, 0.15) is 0 Å². The van der Waals surface area contributed by atoms with Gasteiger partial charge in [0, 0.05) is 33.8 Å². The smallest absolute Gasteiger partial charge is 0.0465 e. The van der Waals surface area contributed by atoms with Gasteiger partial charge in [0.25, 0.3) is 0 Å². The molecule has 0 radical (unpaired) electrons. The van der Waals surface area contributed by atoms with Crippen LogP contribution in [-0.4, -0.2) is 0 Å². The molecule has 290 valence electrons. The van der Waals surface area contributed by atoms with Gasteiger partial charge >= 0.3 is 0 Å². The lowest BCUT2D eigenvalue weighted by Crippen LogP contribution is -2.24.